The van der Waals surface area contributed by atoms with E-state index in [0.29, 0.717) is 45.3 Å². The van der Waals surface area contributed by atoms with E-state index in [1.54, 1.807) is 29.2 Å². The monoisotopic (exact) mass is 533 g/mol. The summed E-state index contributed by atoms with van der Waals surface area (Å²) in [6.07, 6.45) is 2.54. The Hall–Kier alpha value is -2.27. The number of carbonyl (C=O) groups is 1. The minimum Gasteiger partial charge on any atom is -0.340 e. The van der Waals surface area contributed by atoms with Gasteiger partial charge >= 0.3 is 0 Å². The topological polar surface area (TPSA) is 95.1 Å². The normalized spacial score (nSPS) is 20.4. The standard InChI is InChI=1S/C26H35N3O5S2/c1-22-11-13-25(14-12-22)36(33,34)28-18-16-27(17-19-28)26(30)24-10-5-15-29(21-24)35(31,32)20-6-9-23-7-3-2-4-8-23/h2-4,7-8,11-14,24H,5-6,9-10,15-21H2,1H3/t24-/m0/s1. The molecule has 0 radical (unpaired) electrons. The maximum atomic E-state index is 13.2. The molecule has 2 saturated heterocycles. The van der Waals surface area contributed by atoms with Crippen LogP contribution in [0.3, 0.4) is 0 Å². The average molecular weight is 534 g/mol. The van der Waals surface area contributed by atoms with E-state index >= 15 is 0 Å². The molecule has 8 nitrogen and oxygen atoms in total. The Morgan fingerprint density at radius 1 is 0.861 bits per heavy atom. The molecule has 10 heteroatoms. The Balaban J connectivity index is 1.30. The van der Waals surface area contributed by atoms with Crippen molar-refractivity contribution >= 4 is 26.0 Å². The van der Waals surface area contributed by atoms with E-state index in [1.165, 1.54) is 8.61 Å². The van der Waals surface area contributed by atoms with Gasteiger partial charge in [0, 0.05) is 39.3 Å². The molecule has 2 aromatic rings. The first kappa shape index (κ1) is 26.8. The lowest BCUT2D eigenvalue weighted by atomic mass is 9.98. The highest BCUT2D eigenvalue weighted by Crippen LogP contribution is 2.24. The predicted octanol–water partition coefficient (Wildman–Crippen LogP) is 2.50. The number of amides is 1. The molecule has 0 N–H and O–H groups in total. The number of sulfonamides is 2. The number of piperazine rings is 1. The van der Waals surface area contributed by atoms with E-state index < -0.39 is 20.0 Å². The predicted molar refractivity (Wildman–Crippen MR) is 139 cm³/mol. The van der Waals surface area contributed by atoms with Crippen LogP contribution in [0.4, 0.5) is 0 Å². The van der Waals surface area contributed by atoms with Gasteiger partial charge in [-0.05, 0) is 50.3 Å². The zero-order valence-corrected chi connectivity index (χ0v) is 22.4. The van der Waals surface area contributed by atoms with Gasteiger partial charge in [-0.2, -0.15) is 4.31 Å². The molecular weight excluding hydrogens is 498 g/mol. The fraction of sp³-hybridized carbons (Fsp3) is 0.500. The van der Waals surface area contributed by atoms with Gasteiger partial charge < -0.3 is 4.90 Å². The molecule has 4 rings (SSSR count). The Kier molecular flexibility index (Phi) is 8.49. The maximum Gasteiger partial charge on any atom is 0.243 e. The van der Waals surface area contributed by atoms with E-state index in [9.17, 15) is 21.6 Å². The van der Waals surface area contributed by atoms with Crippen molar-refractivity contribution in [1.82, 2.24) is 13.5 Å². The molecule has 0 bridgehead atoms. The summed E-state index contributed by atoms with van der Waals surface area (Å²) in [6.45, 7) is 3.64. The lowest BCUT2D eigenvalue weighted by Gasteiger charge is -2.38. The Morgan fingerprint density at radius 3 is 2.19 bits per heavy atom. The van der Waals surface area contributed by atoms with Crippen LogP contribution < -0.4 is 0 Å². The van der Waals surface area contributed by atoms with Gasteiger partial charge in [0.25, 0.3) is 0 Å². The SMILES string of the molecule is Cc1ccc(S(=O)(=O)N2CCN(C(=O)[C@H]3CCCN(S(=O)(=O)CCCc4ccccc4)C3)CC2)cc1. The molecule has 196 valence electrons. The molecule has 2 aromatic carbocycles. The second-order valence-corrected chi connectivity index (χ2v) is 13.7. The van der Waals surface area contributed by atoms with Crippen molar-refractivity contribution in [2.24, 2.45) is 5.92 Å². The fourth-order valence-corrected chi connectivity index (χ4v) is 7.90. The van der Waals surface area contributed by atoms with Crippen molar-refractivity contribution in [3.05, 3.63) is 65.7 Å². The number of piperidine rings is 1. The second kappa shape index (κ2) is 11.4. The highest BCUT2D eigenvalue weighted by Gasteiger charge is 2.36. The smallest absolute Gasteiger partial charge is 0.243 e. The molecule has 0 unspecified atom stereocenters. The van der Waals surface area contributed by atoms with Crippen molar-refractivity contribution in [3.63, 3.8) is 0 Å². The van der Waals surface area contributed by atoms with Crippen LogP contribution in [-0.2, 0) is 31.3 Å². The summed E-state index contributed by atoms with van der Waals surface area (Å²) in [5.41, 5.74) is 2.10. The first-order chi connectivity index (χ1) is 17.2. The summed E-state index contributed by atoms with van der Waals surface area (Å²) in [5, 5.41) is 0. The molecule has 0 saturated carbocycles. The van der Waals surface area contributed by atoms with E-state index in [4.69, 9.17) is 0 Å². The van der Waals surface area contributed by atoms with Crippen LogP contribution in [0, 0.1) is 12.8 Å². The number of carbonyl (C=O) groups excluding carboxylic acids is 1. The van der Waals surface area contributed by atoms with Crippen LogP contribution in [0.2, 0.25) is 0 Å². The van der Waals surface area contributed by atoms with Gasteiger partial charge in [-0.25, -0.2) is 21.1 Å². The van der Waals surface area contributed by atoms with E-state index in [-0.39, 0.29) is 42.1 Å². The third kappa shape index (κ3) is 6.34. The Labute approximate surface area is 215 Å². The number of nitrogens with zero attached hydrogens (tertiary/aromatic N) is 3. The first-order valence-corrected chi connectivity index (χ1v) is 15.6. The van der Waals surface area contributed by atoms with E-state index in [1.807, 2.05) is 37.3 Å². The molecule has 0 spiro atoms. The highest BCUT2D eigenvalue weighted by molar-refractivity contribution is 7.89. The largest absolute Gasteiger partial charge is 0.340 e. The number of benzene rings is 2. The lowest BCUT2D eigenvalue weighted by molar-refractivity contribution is -0.137. The number of rotatable bonds is 8. The molecule has 0 aromatic heterocycles. The molecule has 36 heavy (non-hydrogen) atoms. The molecule has 2 heterocycles. The lowest BCUT2D eigenvalue weighted by Crippen LogP contribution is -2.54. The molecular formula is C26H35N3O5S2. The summed E-state index contributed by atoms with van der Waals surface area (Å²) < 4.78 is 54.7. The molecule has 0 aliphatic carbocycles. The van der Waals surface area contributed by atoms with Crippen LogP contribution in [0.1, 0.15) is 30.4 Å². The number of aryl methyl sites for hydroxylation is 2. The molecule has 2 aliphatic heterocycles. The second-order valence-electron chi connectivity index (χ2n) is 9.64. The molecule has 1 atom stereocenters. The van der Waals surface area contributed by atoms with Crippen molar-refractivity contribution in [2.45, 2.75) is 37.5 Å². The van der Waals surface area contributed by atoms with Crippen LogP contribution >= 0.6 is 0 Å². The number of hydrogen-bond donors (Lipinski definition) is 0. The minimum absolute atomic E-state index is 0.0678. The van der Waals surface area contributed by atoms with Gasteiger partial charge in [-0.15, -0.1) is 0 Å². The Morgan fingerprint density at radius 2 is 1.53 bits per heavy atom. The molecule has 2 fully saturated rings. The van der Waals surface area contributed by atoms with Gasteiger partial charge in [0.15, 0.2) is 0 Å². The van der Waals surface area contributed by atoms with Crippen molar-refractivity contribution in [3.8, 4) is 0 Å². The summed E-state index contributed by atoms with van der Waals surface area (Å²) in [4.78, 5) is 15.2. The summed E-state index contributed by atoms with van der Waals surface area (Å²) in [6, 6.07) is 16.6. The van der Waals surface area contributed by atoms with Gasteiger partial charge in [0.1, 0.15) is 0 Å². The van der Waals surface area contributed by atoms with Gasteiger partial charge in [-0.1, -0.05) is 48.0 Å². The molecule has 2 aliphatic rings. The first-order valence-electron chi connectivity index (χ1n) is 12.5. The van der Waals surface area contributed by atoms with Crippen LogP contribution in [0.5, 0.6) is 0 Å². The zero-order valence-electron chi connectivity index (χ0n) is 20.8. The van der Waals surface area contributed by atoms with E-state index in [0.717, 1.165) is 11.1 Å². The van der Waals surface area contributed by atoms with Gasteiger partial charge in [0.2, 0.25) is 26.0 Å². The van der Waals surface area contributed by atoms with Crippen molar-refractivity contribution in [1.29, 1.82) is 0 Å². The summed E-state index contributed by atoms with van der Waals surface area (Å²) >= 11 is 0. The zero-order chi connectivity index (χ0) is 25.8. The van der Waals surface area contributed by atoms with Crippen LogP contribution in [0.15, 0.2) is 59.5 Å². The maximum absolute atomic E-state index is 13.2. The highest BCUT2D eigenvalue weighted by atomic mass is 32.2. The Bertz CT molecular complexity index is 1240. The fourth-order valence-electron chi connectivity index (χ4n) is 4.90. The minimum atomic E-state index is -3.60. The molecule has 1 amide bonds. The summed E-state index contributed by atoms with van der Waals surface area (Å²) in [5.74, 6) is -0.396. The van der Waals surface area contributed by atoms with Gasteiger partial charge in [0.05, 0.1) is 16.6 Å². The quantitative estimate of drug-likeness (QED) is 0.520. The van der Waals surface area contributed by atoms with Crippen LogP contribution in [-0.4, -0.2) is 81.3 Å². The van der Waals surface area contributed by atoms with Crippen molar-refractivity contribution in [2.75, 3.05) is 45.0 Å². The van der Waals surface area contributed by atoms with E-state index in [2.05, 4.69) is 0 Å². The van der Waals surface area contributed by atoms with Crippen LogP contribution in [0.25, 0.3) is 0 Å². The number of hydrogen-bond acceptors (Lipinski definition) is 5. The van der Waals surface area contributed by atoms with Crippen molar-refractivity contribution < 1.29 is 21.6 Å². The third-order valence-electron chi connectivity index (χ3n) is 7.05. The average Bonchev–Trinajstić information content (AvgIpc) is 2.89. The third-order valence-corrected chi connectivity index (χ3v) is 10.9. The summed E-state index contributed by atoms with van der Waals surface area (Å²) in [7, 11) is -7.04. The van der Waals surface area contributed by atoms with Gasteiger partial charge in [-0.3, -0.25) is 4.79 Å².